The molecular formula is C15H28N2O. The van der Waals surface area contributed by atoms with Crippen molar-refractivity contribution in [1.82, 2.24) is 10.2 Å². The zero-order chi connectivity index (χ0) is 12.6. The van der Waals surface area contributed by atoms with Crippen LogP contribution in [0.3, 0.4) is 0 Å². The minimum Gasteiger partial charge on any atom is -0.385 e. The van der Waals surface area contributed by atoms with Crippen LogP contribution in [0.1, 0.15) is 39.0 Å². The van der Waals surface area contributed by atoms with Crippen molar-refractivity contribution < 1.29 is 4.74 Å². The Morgan fingerprint density at radius 2 is 2.06 bits per heavy atom. The van der Waals surface area contributed by atoms with Gasteiger partial charge in [-0.2, -0.15) is 0 Å². The molecule has 3 aliphatic rings. The van der Waals surface area contributed by atoms with Crippen LogP contribution in [0.15, 0.2) is 0 Å². The molecule has 2 aliphatic carbocycles. The van der Waals surface area contributed by atoms with Crippen LogP contribution in [-0.4, -0.2) is 49.8 Å². The molecule has 2 atom stereocenters. The van der Waals surface area contributed by atoms with Gasteiger partial charge in [0.05, 0.1) is 0 Å². The summed E-state index contributed by atoms with van der Waals surface area (Å²) in [6, 6.07) is 0.800. The van der Waals surface area contributed by atoms with E-state index in [2.05, 4.69) is 17.1 Å². The molecule has 0 aromatic heterocycles. The molecule has 1 heterocycles. The van der Waals surface area contributed by atoms with Crippen molar-refractivity contribution in [3.05, 3.63) is 0 Å². The zero-order valence-electron chi connectivity index (χ0n) is 12.0. The summed E-state index contributed by atoms with van der Waals surface area (Å²) in [4.78, 5) is 2.77. The first kappa shape index (κ1) is 12.9. The van der Waals surface area contributed by atoms with Crippen LogP contribution in [0.2, 0.25) is 0 Å². The first-order valence-electron chi connectivity index (χ1n) is 7.71. The van der Waals surface area contributed by atoms with Gasteiger partial charge in [-0.1, -0.05) is 0 Å². The maximum absolute atomic E-state index is 5.21. The molecule has 104 valence electrons. The van der Waals surface area contributed by atoms with E-state index in [-0.39, 0.29) is 0 Å². The number of hydrogen-bond acceptors (Lipinski definition) is 3. The number of piperazine rings is 1. The maximum Gasteiger partial charge on any atom is 0.0474 e. The summed E-state index contributed by atoms with van der Waals surface area (Å²) in [6.07, 6.45) is 6.95. The van der Waals surface area contributed by atoms with Gasteiger partial charge in [0.25, 0.3) is 0 Å². The van der Waals surface area contributed by atoms with Gasteiger partial charge in [0, 0.05) is 44.9 Å². The predicted octanol–water partition coefficient (Wildman–Crippen LogP) is 1.88. The van der Waals surface area contributed by atoms with E-state index in [1.165, 1.54) is 51.7 Å². The Kier molecular flexibility index (Phi) is 3.65. The lowest BCUT2D eigenvalue weighted by Crippen LogP contribution is -2.64. The van der Waals surface area contributed by atoms with Gasteiger partial charge in [-0.3, -0.25) is 4.90 Å². The fourth-order valence-corrected chi connectivity index (χ4v) is 3.66. The van der Waals surface area contributed by atoms with E-state index in [9.17, 15) is 0 Å². The molecule has 0 aromatic carbocycles. The Balaban J connectivity index is 1.59. The Morgan fingerprint density at radius 1 is 1.28 bits per heavy atom. The Hall–Kier alpha value is -0.120. The van der Waals surface area contributed by atoms with Crippen molar-refractivity contribution in [3.8, 4) is 0 Å². The SMILES string of the molecule is COCCCN1CC(C)(C2CC2)NCC1C1CC1. The Morgan fingerprint density at radius 3 is 2.67 bits per heavy atom. The minimum atomic E-state index is 0.387. The van der Waals surface area contributed by atoms with Crippen LogP contribution in [0, 0.1) is 11.8 Å². The molecule has 0 bridgehead atoms. The van der Waals surface area contributed by atoms with E-state index in [0.29, 0.717) is 5.54 Å². The van der Waals surface area contributed by atoms with Crippen molar-refractivity contribution in [1.29, 1.82) is 0 Å². The lowest BCUT2D eigenvalue weighted by molar-refractivity contribution is 0.0559. The van der Waals surface area contributed by atoms with Crippen LogP contribution in [0.4, 0.5) is 0 Å². The normalized spacial score (nSPS) is 38.0. The third kappa shape index (κ3) is 2.73. The third-order valence-electron chi connectivity index (χ3n) is 5.15. The van der Waals surface area contributed by atoms with Gasteiger partial charge in [-0.05, 0) is 50.9 Å². The van der Waals surface area contributed by atoms with Gasteiger partial charge in [-0.15, -0.1) is 0 Å². The van der Waals surface area contributed by atoms with Crippen molar-refractivity contribution >= 4 is 0 Å². The first-order chi connectivity index (χ1) is 8.73. The molecule has 3 fully saturated rings. The number of rotatable bonds is 6. The molecule has 1 N–H and O–H groups in total. The number of nitrogens with one attached hydrogen (secondary N) is 1. The van der Waals surface area contributed by atoms with Crippen molar-refractivity contribution in [2.45, 2.75) is 50.6 Å². The zero-order valence-corrected chi connectivity index (χ0v) is 12.0. The van der Waals surface area contributed by atoms with E-state index in [0.717, 1.165) is 24.5 Å². The monoisotopic (exact) mass is 252 g/mol. The second-order valence-corrected chi connectivity index (χ2v) is 6.79. The summed E-state index contributed by atoms with van der Waals surface area (Å²) in [7, 11) is 1.81. The molecule has 3 nitrogen and oxygen atoms in total. The van der Waals surface area contributed by atoms with E-state index in [1.807, 2.05) is 7.11 Å². The van der Waals surface area contributed by atoms with Crippen LogP contribution in [0.25, 0.3) is 0 Å². The van der Waals surface area contributed by atoms with Gasteiger partial charge in [0.2, 0.25) is 0 Å². The lowest BCUT2D eigenvalue weighted by atomic mass is 9.89. The first-order valence-corrected chi connectivity index (χ1v) is 7.71. The van der Waals surface area contributed by atoms with Crippen LogP contribution in [-0.2, 0) is 4.74 Å². The van der Waals surface area contributed by atoms with Gasteiger partial charge in [-0.25, -0.2) is 0 Å². The minimum absolute atomic E-state index is 0.387. The van der Waals surface area contributed by atoms with Crippen LogP contribution >= 0.6 is 0 Å². The smallest absolute Gasteiger partial charge is 0.0474 e. The molecule has 2 unspecified atom stereocenters. The van der Waals surface area contributed by atoms with Gasteiger partial charge in [0.1, 0.15) is 0 Å². The topological polar surface area (TPSA) is 24.5 Å². The highest BCUT2D eigenvalue weighted by Crippen LogP contribution is 2.44. The fraction of sp³-hybridized carbons (Fsp3) is 1.00. The van der Waals surface area contributed by atoms with Crippen molar-refractivity contribution in [2.24, 2.45) is 11.8 Å². The summed E-state index contributed by atoms with van der Waals surface area (Å²) in [5.74, 6) is 1.91. The van der Waals surface area contributed by atoms with Gasteiger partial charge < -0.3 is 10.1 Å². The number of nitrogens with zero attached hydrogens (tertiary/aromatic N) is 1. The highest BCUT2D eigenvalue weighted by molar-refractivity contribution is 5.06. The average Bonchev–Trinajstić information content (AvgIpc) is 3.20. The third-order valence-corrected chi connectivity index (χ3v) is 5.15. The van der Waals surface area contributed by atoms with E-state index >= 15 is 0 Å². The second-order valence-electron chi connectivity index (χ2n) is 6.79. The highest BCUT2D eigenvalue weighted by atomic mass is 16.5. The van der Waals surface area contributed by atoms with E-state index in [4.69, 9.17) is 4.74 Å². The molecular weight excluding hydrogens is 224 g/mol. The van der Waals surface area contributed by atoms with E-state index in [1.54, 1.807) is 0 Å². The van der Waals surface area contributed by atoms with Gasteiger partial charge in [0.15, 0.2) is 0 Å². The lowest BCUT2D eigenvalue weighted by Gasteiger charge is -2.47. The quantitative estimate of drug-likeness (QED) is 0.731. The molecule has 3 rings (SSSR count). The molecule has 18 heavy (non-hydrogen) atoms. The fourth-order valence-electron chi connectivity index (χ4n) is 3.66. The second kappa shape index (κ2) is 5.10. The standard InChI is InChI=1S/C15H28N2O/c1-15(13-6-7-13)11-17(8-3-9-18-2)14(10-16-15)12-4-5-12/h12-14,16H,3-11H2,1-2H3. The van der Waals surface area contributed by atoms with Crippen molar-refractivity contribution in [2.75, 3.05) is 33.4 Å². The number of hydrogen-bond donors (Lipinski definition) is 1. The Bertz CT molecular complexity index is 288. The Labute approximate surface area is 111 Å². The van der Waals surface area contributed by atoms with E-state index < -0.39 is 0 Å². The molecule has 0 amide bonds. The summed E-state index contributed by atoms with van der Waals surface area (Å²) >= 11 is 0. The molecule has 3 heteroatoms. The van der Waals surface area contributed by atoms with Gasteiger partial charge >= 0.3 is 0 Å². The molecule has 0 aromatic rings. The summed E-state index contributed by atoms with van der Waals surface area (Å²) in [6.45, 7) is 7.03. The maximum atomic E-state index is 5.21. The van der Waals surface area contributed by atoms with Crippen LogP contribution in [0.5, 0.6) is 0 Å². The predicted molar refractivity (Wildman–Crippen MR) is 73.7 cm³/mol. The molecule has 0 spiro atoms. The number of ether oxygens (including phenoxy) is 1. The largest absolute Gasteiger partial charge is 0.385 e. The molecule has 1 aliphatic heterocycles. The molecule has 1 saturated heterocycles. The van der Waals surface area contributed by atoms with Crippen molar-refractivity contribution in [3.63, 3.8) is 0 Å². The van der Waals surface area contributed by atoms with Crippen LogP contribution < -0.4 is 5.32 Å². The summed E-state index contributed by atoms with van der Waals surface area (Å²) < 4.78 is 5.21. The molecule has 2 saturated carbocycles. The summed E-state index contributed by atoms with van der Waals surface area (Å²) in [5, 5.41) is 3.88. The number of methoxy groups -OCH3 is 1. The summed E-state index contributed by atoms with van der Waals surface area (Å²) in [5.41, 5.74) is 0.387. The average molecular weight is 252 g/mol. The highest BCUT2D eigenvalue weighted by Gasteiger charge is 2.48. The molecule has 0 radical (unpaired) electrons.